The van der Waals surface area contributed by atoms with Gasteiger partial charge in [0.05, 0.1) is 18.8 Å². The smallest absolute Gasteiger partial charge is 0.407 e. The Morgan fingerprint density at radius 1 is 1.33 bits per heavy atom. The standard InChI is InChI=1S/C15H25N3O3/c1-15(2,3)21-14(19)17-10-11(9-16)18-12-7-5-6-8-13(12)20-4/h5-8,11,18H,9-10,16H2,1-4H3,(H,17,19). The Balaban J connectivity index is 2.54. The van der Waals surface area contributed by atoms with E-state index < -0.39 is 11.7 Å². The van der Waals surface area contributed by atoms with E-state index in [0.29, 0.717) is 13.1 Å². The van der Waals surface area contributed by atoms with E-state index in [9.17, 15) is 4.79 Å². The quantitative estimate of drug-likeness (QED) is 0.747. The fourth-order valence-electron chi connectivity index (χ4n) is 1.70. The average molecular weight is 295 g/mol. The lowest BCUT2D eigenvalue weighted by atomic mass is 10.2. The van der Waals surface area contributed by atoms with E-state index in [1.54, 1.807) is 7.11 Å². The summed E-state index contributed by atoms with van der Waals surface area (Å²) in [5.74, 6) is 0.730. The van der Waals surface area contributed by atoms with E-state index in [1.165, 1.54) is 0 Å². The predicted molar refractivity (Wildman–Crippen MR) is 83.7 cm³/mol. The highest BCUT2D eigenvalue weighted by Gasteiger charge is 2.17. The Kier molecular flexibility index (Phi) is 6.30. The molecule has 1 aromatic carbocycles. The first kappa shape index (κ1) is 17.1. The lowest BCUT2D eigenvalue weighted by Crippen LogP contribution is -2.42. The molecule has 1 rings (SSSR count). The van der Waals surface area contributed by atoms with Gasteiger partial charge in [0.1, 0.15) is 11.4 Å². The number of para-hydroxylation sites is 2. The van der Waals surface area contributed by atoms with Crippen LogP contribution in [-0.2, 0) is 4.74 Å². The van der Waals surface area contributed by atoms with E-state index in [-0.39, 0.29) is 6.04 Å². The Labute approximate surface area is 126 Å². The molecule has 1 amide bonds. The predicted octanol–water partition coefficient (Wildman–Crippen LogP) is 1.96. The van der Waals surface area contributed by atoms with Gasteiger partial charge in [-0.2, -0.15) is 0 Å². The summed E-state index contributed by atoms with van der Waals surface area (Å²) >= 11 is 0. The highest BCUT2D eigenvalue weighted by atomic mass is 16.6. The lowest BCUT2D eigenvalue weighted by molar-refractivity contribution is 0.0526. The fourth-order valence-corrected chi connectivity index (χ4v) is 1.70. The Morgan fingerprint density at radius 3 is 2.57 bits per heavy atom. The second-order valence-corrected chi connectivity index (χ2v) is 5.66. The SMILES string of the molecule is COc1ccccc1NC(CN)CNC(=O)OC(C)(C)C. The van der Waals surface area contributed by atoms with Gasteiger partial charge < -0.3 is 25.8 Å². The summed E-state index contributed by atoms with van der Waals surface area (Å²) in [6.07, 6.45) is -0.456. The molecule has 0 bridgehead atoms. The third-order valence-corrected chi connectivity index (χ3v) is 2.64. The molecule has 0 saturated heterocycles. The molecular formula is C15H25N3O3. The van der Waals surface area contributed by atoms with Crippen LogP contribution in [0.1, 0.15) is 20.8 Å². The zero-order valence-corrected chi connectivity index (χ0v) is 13.1. The second kappa shape index (κ2) is 7.73. The number of hydrogen-bond acceptors (Lipinski definition) is 5. The van der Waals surface area contributed by atoms with Crippen molar-refractivity contribution >= 4 is 11.8 Å². The normalized spacial score (nSPS) is 12.4. The highest BCUT2D eigenvalue weighted by molar-refractivity contribution is 5.67. The van der Waals surface area contributed by atoms with Crippen LogP contribution >= 0.6 is 0 Å². The highest BCUT2D eigenvalue weighted by Crippen LogP contribution is 2.23. The van der Waals surface area contributed by atoms with Crippen LogP contribution in [0.4, 0.5) is 10.5 Å². The maximum absolute atomic E-state index is 11.6. The fraction of sp³-hybridized carbons (Fsp3) is 0.533. The molecule has 6 heteroatoms. The van der Waals surface area contributed by atoms with Crippen LogP contribution in [0.3, 0.4) is 0 Å². The zero-order chi connectivity index (χ0) is 15.9. The van der Waals surface area contributed by atoms with Crippen molar-refractivity contribution in [3.63, 3.8) is 0 Å². The first-order chi connectivity index (χ1) is 9.85. The van der Waals surface area contributed by atoms with Crippen molar-refractivity contribution < 1.29 is 14.3 Å². The van der Waals surface area contributed by atoms with Gasteiger partial charge in [-0.3, -0.25) is 0 Å². The van der Waals surface area contributed by atoms with Crippen LogP contribution in [0, 0.1) is 0 Å². The molecule has 0 aliphatic carbocycles. The summed E-state index contributed by atoms with van der Waals surface area (Å²) in [4.78, 5) is 11.6. The number of anilines is 1. The van der Waals surface area contributed by atoms with E-state index in [0.717, 1.165) is 11.4 Å². The van der Waals surface area contributed by atoms with E-state index in [1.807, 2.05) is 45.0 Å². The summed E-state index contributed by atoms with van der Waals surface area (Å²) in [6.45, 7) is 6.19. The Morgan fingerprint density at radius 2 is 2.00 bits per heavy atom. The van der Waals surface area contributed by atoms with Gasteiger partial charge in [-0.05, 0) is 32.9 Å². The number of methoxy groups -OCH3 is 1. The van der Waals surface area contributed by atoms with Crippen molar-refractivity contribution in [1.82, 2.24) is 5.32 Å². The van der Waals surface area contributed by atoms with Crippen LogP contribution < -0.4 is 21.1 Å². The Bertz CT molecular complexity index is 458. The number of hydrogen-bond donors (Lipinski definition) is 3. The van der Waals surface area contributed by atoms with Crippen molar-refractivity contribution in [3.8, 4) is 5.75 Å². The van der Waals surface area contributed by atoms with Gasteiger partial charge in [0.25, 0.3) is 0 Å². The maximum atomic E-state index is 11.6. The molecule has 1 atom stereocenters. The van der Waals surface area contributed by atoms with Gasteiger partial charge in [-0.15, -0.1) is 0 Å². The molecule has 21 heavy (non-hydrogen) atoms. The number of amides is 1. The molecule has 118 valence electrons. The van der Waals surface area contributed by atoms with Gasteiger partial charge >= 0.3 is 6.09 Å². The van der Waals surface area contributed by atoms with Crippen molar-refractivity contribution in [3.05, 3.63) is 24.3 Å². The van der Waals surface area contributed by atoms with Crippen molar-refractivity contribution in [2.75, 3.05) is 25.5 Å². The number of ether oxygens (including phenoxy) is 2. The molecule has 6 nitrogen and oxygen atoms in total. The molecule has 0 saturated carbocycles. The largest absolute Gasteiger partial charge is 0.495 e. The molecule has 0 spiro atoms. The second-order valence-electron chi connectivity index (χ2n) is 5.66. The molecule has 0 fully saturated rings. The number of carbonyl (C=O) groups is 1. The maximum Gasteiger partial charge on any atom is 0.407 e. The first-order valence-corrected chi connectivity index (χ1v) is 6.92. The van der Waals surface area contributed by atoms with Crippen molar-refractivity contribution in [2.24, 2.45) is 5.73 Å². The molecule has 0 aliphatic rings. The third-order valence-electron chi connectivity index (χ3n) is 2.64. The molecule has 1 aromatic rings. The lowest BCUT2D eigenvalue weighted by Gasteiger charge is -2.23. The molecule has 4 N–H and O–H groups in total. The van der Waals surface area contributed by atoms with Gasteiger partial charge in [-0.25, -0.2) is 4.79 Å². The minimum Gasteiger partial charge on any atom is -0.495 e. The summed E-state index contributed by atoms with van der Waals surface area (Å²) < 4.78 is 10.5. The van der Waals surface area contributed by atoms with Crippen LogP contribution in [0.15, 0.2) is 24.3 Å². The summed E-state index contributed by atoms with van der Waals surface area (Å²) in [6, 6.07) is 7.43. The molecule has 1 unspecified atom stereocenters. The van der Waals surface area contributed by atoms with Crippen LogP contribution in [-0.4, -0.2) is 37.9 Å². The van der Waals surface area contributed by atoms with E-state index >= 15 is 0 Å². The monoisotopic (exact) mass is 295 g/mol. The van der Waals surface area contributed by atoms with Crippen LogP contribution in [0.5, 0.6) is 5.75 Å². The Hall–Kier alpha value is -1.95. The summed E-state index contributed by atoms with van der Waals surface area (Å²) in [7, 11) is 1.61. The molecule has 0 aliphatic heterocycles. The molecule has 0 aromatic heterocycles. The third kappa shape index (κ3) is 6.35. The van der Waals surface area contributed by atoms with Crippen LogP contribution in [0.2, 0.25) is 0 Å². The topological polar surface area (TPSA) is 85.6 Å². The molecule has 0 radical (unpaired) electrons. The van der Waals surface area contributed by atoms with Gasteiger partial charge in [-0.1, -0.05) is 12.1 Å². The summed E-state index contributed by atoms with van der Waals surface area (Å²) in [5.41, 5.74) is 6.05. The van der Waals surface area contributed by atoms with Gasteiger partial charge in [0.15, 0.2) is 0 Å². The number of nitrogens with two attached hydrogens (primary N) is 1. The van der Waals surface area contributed by atoms with Gasteiger partial charge in [0.2, 0.25) is 0 Å². The van der Waals surface area contributed by atoms with Crippen molar-refractivity contribution in [1.29, 1.82) is 0 Å². The van der Waals surface area contributed by atoms with E-state index in [4.69, 9.17) is 15.2 Å². The summed E-state index contributed by atoms with van der Waals surface area (Å²) in [5, 5.41) is 5.95. The molecular weight excluding hydrogens is 270 g/mol. The zero-order valence-electron chi connectivity index (χ0n) is 13.1. The average Bonchev–Trinajstić information content (AvgIpc) is 2.42. The molecule has 0 heterocycles. The number of rotatable bonds is 6. The number of benzene rings is 1. The van der Waals surface area contributed by atoms with Crippen molar-refractivity contribution in [2.45, 2.75) is 32.4 Å². The van der Waals surface area contributed by atoms with Gasteiger partial charge in [0, 0.05) is 13.1 Å². The number of alkyl carbamates (subject to hydrolysis) is 1. The van der Waals surface area contributed by atoms with E-state index in [2.05, 4.69) is 10.6 Å². The number of carbonyl (C=O) groups excluding carboxylic acids is 1. The first-order valence-electron chi connectivity index (χ1n) is 6.92. The van der Waals surface area contributed by atoms with Crippen LogP contribution in [0.25, 0.3) is 0 Å². The minimum atomic E-state index is -0.516. The number of nitrogens with one attached hydrogen (secondary N) is 2. The minimum absolute atomic E-state index is 0.117.